The molecule has 2 heterocycles. The fraction of sp³-hybridized carbons (Fsp3) is 0.312. The van der Waals surface area contributed by atoms with Crippen molar-refractivity contribution in [2.45, 2.75) is 4.90 Å². The molecule has 1 aromatic carbocycles. The maximum Gasteiger partial charge on any atom is 0.262 e. The molecule has 3 rings (SSSR count). The lowest BCUT2D eigenvalue weighted by Crippen LogP contribution is -2.48. The Morgan fingerprint density at radius 2 is 1.76 bits per heavy atom. The summed E-state index contributed by atoms with van der Waals surface area (Å²) in [6, 6.07) is 7.61. The van der Waals surface area contributed by atoms with Gasteiger partial charge >= 0.3 is 0 Å². The molecular formula is C16H18FN3O3S2. The van der Waals surface area contributed by atoms with Gasteiger partial charge in [-0.1, -0.05) is 0 Å². The largest absolute Gasteiger partial charge is 0.369 e. The molecule has 2 aromatic rings. The van der Waals surface area contributed by atoms with E-state index in [0.29, 0.717) is 26.2 Å². The topological polar surface area (TPSA) is 69.7 Å². The highest BCUT2D eigenvalue weighted by Gasteiger charge is 2.32. The number of hydrogen-bond acceptors (Lipinski definition) is 5. The zero-order valence-electron chi connectivity index (χ0n) is 13.6. The molecule has 6 nitrogen and oxygen atoms in total. The Kier molecular flexibility index (Phi) is 5.07. The van der Waals surface area contributed by atoms with Crippen LogP contribution in [-0.4, -0.2) is 51.9 Å². The first-order chi connectivity index (χ1) is 11.9. The molecule has 0 unspecified atom stereocenters. The van der Waals surface area contributed by atoms with E-state index in [1.165, 1.54) is 29.6 Å². The first kappa shape index (κ1) is 17.8. The van der Waals surface area contributed by atoms with Gasteiger partial charge in [-0.05, 0) is 35.7 Å². The standard InChI is InChI=1S/C16H18FN3O3S2/c1-18-16(21)15-14(6-11-24-15)25(22,23)20-9-7-19(8-10-20)13-4-2-12(17)3-5-13/h2-6,11H,7-10H2,1H3,(H,18,21). The Balaban J connectivity index is 1.75. The van der Waals surface area contributed by atoms with Gasteiger partial charge in [0.2, 0.25) is 10.0 Å². The lowest BCUT2D eigenvalue weighted by molar-refractivity contribution is 0.0964. The second-order valence-electron chi connectivity index (χ2n) is 5.56. The minimum Gasteiger partial charge on any atom is -0.369 e. The number of halogens is 1. The number of nitrogens with one attached hydrogen (secondary N) is 1. The monoisotopic (exact) mass is 383 g/mol. The van der Waals surface area contributed by atoms with Crippen molar-refractivity contribution in [2.75, 3.05) is 38.1 Å². The van der Waals surface area contributed by atoms with Crippen molar-refractivity contribution in [1.82, 2.24) is 9.62 Å². The molecule has 0 radical (unpaired) electrons. The molecule has 0 spiro atoms. The second-order valence-corrected chi connectivity index (χ2v) is 8.38. The van der Waals surface area contributed by atoms with Crippen LogP contribution in [0, 0.1) is 5.82 Å². The van der Waals surface area contributed by atoms with Crippen molar-refractivity contribution in [1.29, 1.82) is 0 Å². The summed E-state index contributed by atoms with van der Waals surface area (Å²) in [6.45, 7) is 1.63. The number of carbonyl (C=O) groups excluding carboxylic acids is 1. The number of piperazine rings is 1. The Bertz CT molecular complexity index is 857. The summed E-state index contributed by atoms with van der Waals surface area (Å²) in [5, 5.41) is 4.07. The Labute approximate surface area is 149 Å². The van der Waals surface area contributed by atoms with E-state index in [1.54, 1.807) is 17.5 Å². The summed E-state index contributed by atoms with van der Waals surface area (Å²) >= 11 is 1.11. The van der Waals surface area contributed by atoms with Gasteiger partial charge in [0, 0.05) is 38.9 Å². The summed E-state index contributed by atoms with van der Waals surface area (Å²) < 4.78 is 40.1. The number of rotatable bonds is 4. The number of thiophene rings is 1. The smallest absolute Gasteiger partial charge is 0.262 e. The SMILES string of the molecule is CNC(=O)c1sccc1S(=O)(=O)N1CCN(c2ccc(F)cc2)CC1. The molecule has 0 saturated carbocycles. The van der Waals surface area contributed by atoms with Crippen LogP contribution in [0.2, 0.25) is 0 Å². The van der Waals surface area contributed by atoms with Gasteiger partial charge in [0.15, 0.2) is 0 Å². The number of amides is 1. The summed E-state index contributed by atoms with van der Waals surface area (Å²) in [5.41, 5.74) is 0.861. The van der Waals surface area contributed by atoms with Crippen LogP contribution in [0.25, 0.3) is 0 Å². The van der Waals surface area contributed by atoms with Crippen LogP contribution in [0.4, 0.5) is 10.1 Å². The van der Waals surface area contributed by atoms with E-state index >= 15 is 0 Å². The van der Waals surface area contributed by atoms with Gasteiger partial charge < -0.3 is 10.2 Å². The molecule has 25 heavy (non-hydrogen) atoms. The van der Waals surface area contributed by atoms with Crippen LogP contribution in [0.15, 0.2) is 40.6 Å². The van der Waals surface area contributed by atoms with Crippen molar-refractivity contribution < 1.29 is 17.6 Å². The van der Waals surface area contributed by atoms with Crippen molar-refractivity contribution in [2.24, 2.45) is 0 Å². The van der Waals surface area contributed by atoms with Crippen LogP contribution < -0.4 is 10.2 Å². The Morgan fingerprint density at radius 1 is 1.12 bits per heavy atom. The van der Waals surface area contributed by atoms with Crippen LogP contribution in [0.5, 0.6) is 0 Å². The van der Waals surface area contributed by atoms with Crippen molar-refractivity contribution >= 4 is 33.0 Å². The number of nitrogens with zero attached hydrogens (tertiary/aromatic N) is 2. The molecule has 134 valence electrons. The maximum absolute atomic E-state index is 13.0. The average Bonchev–Trinajstić information content (AvgIpc) is 3.12. The van der Waals surface area contributed by atoms with Crippen LogP contribution >= 0.6 is 11.3 Å². The highest BCUT2D eigenvalue weighted by molar-refractivity contribution is 7.89. The van der Waals surface area contributed by atoms with Crippen molar-refractivity contribution in [3.05, 3.63) is 46.4 Å². The third-order valence-electron chi connectivity index (χ3n) is 4.11. The molecule has 1 aromatic heterocycles. The predicted molar refractivity (Wildman–Crippen MR) is 95.1 cm³/mol. The van der Waals surface area contributed by atoms with E-state index in [4.69, 9.17) is 0 Å². The van der Waals surface area contributed by atoms with Gasteiger partial charge in [0.1, 0.15) is 15.6 Å². The zero-order chi connectivity index (χ0) is 18.0. The average molecular weight is 383 g/mol. The molecule has 9 heteroatoms. The summed E-state index contributed by atoms with van der Waals surface area (Å²) in [5.74, 6) is -0.706. The highest BCUT2D eigenvalue weighted by atomic mass is 32.2. The van der Waals surface area contributed by atoms with Crippen molar-refractivity contribution in [3.63, 3.8) is 0 Å². The van der Waals surface area contributed by atoms with Crippen LogP contribution in [0.1, 0.15) is 9.67 Å². The van der Waals surface area contributed by atoms with Gasteiger partial charge in [-0.2, -0.15) is 4.31 Å². The fourth-order valence-corrected chi connectivity index (χ4v) is 5.53. The number of carbonyl (C=O) groups is 1. The third-order valence-corrected chi connectivity index (χ3v) is 7.09. The van der Waals surface area contributed by atoms with Gasteiger partial charge in [0.05, 0.1) is 0 Å². The molecule has 0 atom stereocenters. The first-order valence-electron chi connectivity index (χ1n) is 7.73. The van der Waals surface area contributed by atoms with Crippen LogP contribution in [0.3, 0.4) is 0 Å². The first-order valence-corrected chi connectivity index (χ1v) is 10.1. The normalized spacial score (nSPS) is 16.0. The molecule has 1 saturated heterocycles. The predicted octanol–water partition coefficient (Wildman–Crippen LogP) is 1.76. The zero-order valence-corrected chi connectivity index (χ0v) is 15.2. The fourth-order valence-electron chi connectivity index (χ4n) is 2.76. The highest BCUT2D eigenvalue weighted by Crippen LogP contribution is 2.27. The van der Waals surface area contributed by atoms with E-state index in [-0.39, 0.29) is 15.6 Å². The van der Waals surface area contributed by atoms with E-state index in [2.05, 4.69) is 5.32 Å². The minimum absolute atomic E-state index is 0.0482. The van der Waals surface area contributed by atoms with Crippen molar-refractivity contribution in [3.8, 4) is 0 Å². The number of benzene rings is 1. The molecule has 0 aliphatic carbocycles. The molecule has 1 aliphatic heterocycles. The molecule has 1 N–H and O–H groups in total. The quantitative estimate of drug-likeness (QED) is 0.874. The minimum atomic E-state index is -3.72. The van der Waals surface area contributed by atoms with Gasteiger partial charge in [-0.3, -0.25) is 4.79 Å². The molecule has 1 aliphatic rings. The maximum atomic E-state index is 13.0. The van der Waals surface area contributed by atoms with E-state index < -0.39 is 15.9 Å². The Morgan fingerprint density at radius 3 is 2.36 bits per heavy atom. The van der Waals surface area contributed by atoms with Gasteiger partial charge in [-0.15, -0.1) is 11.3 Å². The lowest BCUT2D eigenvalue weighted by atomic mass is 10.2. The molecule has 1 fully saturated rings. The third kappa shape index (κ3) is 3.53. The number of anilines is 1. The van der Waals surface area contributed by atoms with E-state index in [9.17, 15) is 17.6 Å². The van der Waals surface area contributed by atoms with E-state index in [0.717, 1.165) is 17.0 Å². The van der Waals surface area contributed by atoms with Gasteiger partial charge in [0.25, 0.3) is 5.91 Å². The number of hydrogen-bond donors (Lipinski definition) is 1. The van der Waals surface area contributed by atoms with E-state index in [1.807, 2.05) is 4.90 Å². The van der Waals surface area contributed by atoms with Gasteiger partial charge in [-0.25, -0.2) is 12.8 Å². The number of sulfonamides is 1. The summed E-state index contributed by atoms with van der Waals surface area (Å²) in [4.78, 5) is 14.1. The summed E-state index contributed by atoms with van der Waals surface area (Å²) in [7, 11) is -2.25. The Hall–Kier alpha value is -1.97. The molecule has 1 amide bonds. The summed E-state index contributed by atoms with van der Waals surface area (Å²) in [6.07, 6.45) is 0. The molecular weight excluding hydrogens is 365 g/mol. The van der Waals surface area contributed by atoms with Crippen LogP contribution in [-0.2, 0) is 10.0 Å². The second kappa shape index (κ2) is 7.11. The lowest BCUT2D eigenvalue weighted by Gasteiger charge is -2.35. The molecule has 0 bridgehead atoms.